The maximum atomic E-state index is 10.9. The lowest BCUT2D eigenvalue weighted by Gasteiger charge is -2.28. The fourth-order valence-electron chi connectivity index (χ4n) is 2.34. The van der Waals surface area contributed by atoms with Gasteiger partial charge in [-0.2, -0.15) is 0 Å². The Kier molecular flexibility index (Phi) is 4.77. The van der Waals surface area contributed by atoms with Crippen LogP contribution in [0, 0.1) is 0 Å². The van der Waals surface area contributed by atoms with Crippen molar-refractivity contribution in [1.29, 1.82) is 0 Å². The zero-order valence-electron chi connectivity index (χ0n) is 11.9. The zero-order valence-corrected chi connectivity index (χ0v) is 11.9. The molecule has 0 aliphatic heterocycles. The highest BCUT2D eigenvalue weighted by molar-refractivity contribution is 5.32. The van der Waals surface area contributed by atoms with Gasteiger partial charge in [0.05, 0.1) is 13.7 Å². The molecule has 2 aromatic carbocycles. The summed E-state index contributed by atoms with van der Waals surface area (Å²) in [5.74, 6) is 0.787. The smallest absolute Gasteiger partial charge is 0.119 e. The van der Waals surface area contributed by atoms with Crippen molar-refractivity contribution < 1.29 is 14.6 Å². The maximum Gasteiger partial charge on any atom is 0.119 e. The van der Waals surface area contributed by atoms with Crippen LogP contribution in [0.4, 0.5) is 0 Å². The molecule has 0 aliphatic rings. The summed E-state index contributed by atoms with van der Waals surface area (Å²) in [6, 6.07) is 17.3. The summed E-state index contributed by atoms with van der Waals surface area (Å²) in [6.45, 7) is 0.244. The molecule has 0 amide bonds. The first-order valence-electron chi connectivity index (χ1n) is 6.58. The van der Waals surface area contributed by atoms with E-state index in [0.29, 0.717) is 6.42 Å². The summed E-state index contributed by atoms with van der Waals surface area (Å²) >= 11 is 0. The van der Waals surface area contributed by atoms with Gasteiger partial charge >= 0.3 is 0 Å². The number of rotatable bonds is 6. The van der Waals surface area contributed by atoms with Gasteiger partial charge in [-0.15, -0.1) is 0 Å². The van der Waals surface area contributed by atoms with Crippen molar-refractivity contribution in [2.75, 3.05) is 20.8 Å². The minimum atomic E-state index is -1.04. The van der Waals surface area contributed by atoms with Crippen molar-refractivity contribution in [3.05, 3.63) is 65.7 Å². The van der Waals surface area contributed by atoms with Crippen LogP contribution in [0.5, 0.6) is 5.75 Å². The molecule has 1 unspecified atom stereocenters. The van der Waals surface area contributed by atoms with E-state index in [-0.39, 0.29) is 6.61 Å². The topological polar surface area (TPSA) is 38.7 Å². The first-order chi connectivity index (χ1) is 9.68. The Balaban J connectivity index is 2.29. The van der Waals surface area contributed by atoms with E-state index in [2.05, 4.69) is 0 Å². The summed E-state index contributed by atoms with van der Waals surface area (Å²) in [5.41, 5.74) is 0.819. The van der Waals surface area contributed by atoms with Gasteiger partial charge in [-0.1, -0.05) is 42.5 Å². The highest BCUT2D eigenvalue weighted by Crippen LogP contribution is 2.27. The maximum absolute atomic E-state index is 10.9. The van der Waals surface area contributed by atoms with Crippen molar-refractivity contribution in [2.45, 2.75) is 12.0 Å². The predicted molar refractivity (Wildman–Crippen MR) is 78.9 cm³/mol. The van der Waals surface area contributed by atoms with Crippen molar-refractivity contribution in [1.82, 2.24) is 0 Å². The minimum absolute atomic E-state index is 0.244. The molecule has 0 saturated heterocycles. The molecule has 3 nitrogen and oxygen atoms in total. The lowest BCUT2D eigenvalue weighted by molar-refractivity contribution is -0.0355. The second kappa shape index (κ2) is 6.55. The molecule has 0 fully saturated rings. The molecule has 2 rings (SSSR count). The van der Waals surface area contributed by atoms with Crippen LogP contribution in [0.1, 0.15) is 11.1 Å². The number of hydrogen-bond acceptors (Lipinski definition) is 3. The van der Waals surface area contributed by atoms with E-state index in [9.17, 15) is 5.11 Å². The molecule has 106 valence electrons. The summed E-state index contributed by atoms with van der Waals surface area (Å²) < 4.78 is 10.4. The van der Waals surface area contributed by atoms with Crippen LogP contribution in [-0.2, 0) is 16.8 Å². The summed E-state index contributed by atoms with van der Waals surface area (Å²) in [4.78, 5) is 0. The number of aliphatic hydroxyl groups is 1. The number of ether oxygens (including phenoxy) is 2. The monoisotopic (exact) mass is 272 g/mol. The molecule has 0 heterocycles. The molecule has 0 spiro atoms. The molecule has 1 N–H and O–H groups in total. The van der Waals surface area contributed by atoms with Crippen LogP contribution in [-0.4, -0.2) is 25.9 Å². The third-order valence-electron chi connectivity index (χ3n) is 3.32. The fourth-order valence-corrected chi connectivity index (χ4v) is 2.34. The number of methoxy groups -OCH3 is 2. The third kappa shape index (κ3) is 3.38. The lowest BCUT2D eigenvalue weighted by atomic mass is 9.88. The summed E-state index contributed by atoms with van der Waals surface area (Å²) in [5, 5.41) is 10.9. The average molecular weight is 272 g/mol. The van der Waals surface area contributed by atoms with E-state index < -0.39 is 5.60 Å². The standard InChI is InChI=1S/C17H20O3/c1-19-13-17(18,15-8-4-3-5-9-15)12-14-7-6-10-16(11-14)20-2/h3-11,18H,12-13H2,1-2H3. The van der Waals surface area contributed by atoms with E-state index in [1.807, 2.05) is 54.6 Å². The molecule has 0 aromatic heterocycles. The van der Waals surface area contributed by atoms with Crippen LogP contribution in [0.15, 0.2) is 54.6 Å². The quantitative estimate of drug-likeness (QED) is 0.879. The van der Waals surface area contributed by atoms with Crippen molar-refractivity contribution in [3.8, 4) is 5.75 Å². The van der Waals surface area contributed by atoms with Crippen LogP contribution >= 0.6 is 0 Å². The molecule has 0 bridgehead atoms. The fraction of sp³-hybridized carbons (Fsp3) is 0.294. The van der Waals surface area contributed by atoms with Crippen LogP contribution in [0.25, 0.3) is 0 Å². The Morgan fingerprint density at radius 1 is 1.00 bits per heavy atom. The number of benzene rings is 2. The van der Waals surface area contributed by atoms with Crippen molar-refractivity contribution >= 4 is 0 Å². The normalized spacial score (nSPS) is 13.8. The van der Waals surface area contributed by atoms with Gasteiger partial charge in [0.25, 0.3) is 0 Å². The van der Waals surface area contributed by atoms with Gasteiger partial charge in [-0.3, -0.25) is 0 Å². The summed E-state index contributed by atoms with van der Waals surface area (Å²) in [7, 11) is 3.23. The van der Waals surface area contributed by atoms with Gasteiger partial charge in [-0.05, 0) is 23.3 Å². The molecule has 1 atom stereocenters. The van der Waals surface area contributed by atoms with Crippen molar-refractivity contribution in [3.63, 3.8) is 0 Å². The van der Waals surface area contributed by atoms with Crippen LogP contribution in [0.3, 0.4) is 0 Å². The second-order valence-corrected chi connectivity index (χ2v) is 4.86. The summed E-state index contributed by atoms with van der Waals surface area (Å²) in [6.07, 6.45) is 0.474. The zero-order chi connectivity index (χ0) is 14.4. The molecular weight excluding hydrogens is 252 g/mol. The van der Waals surface area contributed by atoms with Gasteiger partial charge in [-0.25, -0.2) is 0 Å². The highest BCUT2D eigenvalue weighted by Gasteiger charge is 2.29. The van der Waals surface area contributed by atoms with E-state index in [4.69, 9.17) is 9.47 Å². The Morgan fingerprint density at radius 3 is 2.40 bits per heavy atom. The first kappa shape index (κ1) is 14.6. The average Bonchev–Trinajstić information content (AvgIpc) is 2.48. The Hall–Kier alpha value is -1.84. The van der Waals surface area contributed by atoms with Gasteiger partial charge in [0.2, 0.25) is 0 Å². The lowest BCUT2D eigenvalue weighted by Crippen LogP contribution is -2.33. The molecular formula is C17H20O3. The predicted octanol–water partition coefficient (Wildman–Crippen LogP) is 2.77. The van der Waals surface area contributed by atoms with E-state index in [1.165, 1.54) is 0 Å². The number of hydrogen-bond donors (Lipinski definition) is 1. The first-order valence-corrected chi connectivity index (χ1v) is 6.58. The Bertz CT molecular complexity index is 539. The molecule has 0 aliphatic carbocycles. The molecule has 3 heteroatoms. The van der Waals surface area contributed by atoms with Crippen LogP contribution in [0.2, 0.25) is 0 Å². The van der Waals surface area contributed by atoms with Gasteiger partial charge in [0.1, 0.15) is 11.4 Å². The third-order valence-corrected chi connectivity index (χ3v) is 3.32. The van der Waals surface area contributed by atoms with Gasteiger partial charge < -0.3 is 14.6 Å². The SMILES string of the molecule is COCC(O)(Cc1cccc(OC)c1)c1ccccc1. The van der Waals surface area contributed by atoms with E-state index >= 15 is 0 Å². The largest absolute Gasteiger partial charge is 0.497 e. The van der Waals surface area contributed by atoms with Gasteiger partial charge in [0, 0.05) is 13.5 Å². The Labute approximate surface area is 119 Å². The molecule has 0 saturated carbocycles. The highest BCUT2D eigenvalue weighted by atomic mass is 16.5. The van der Waals surface area contributed by atoms with Crippen LogP contribution < -0.4 is 4.74 Å². The minimum Gasteiger partial charge on any atom is -0.497 e. The van der Waals surface area contributed by atoms with E-state index in [1.54, 1.807) is 14.2 Å². The van der Waals surface area contributed by atoms with Crippen molar-refractivity contribution in [2.24, 2.45) is 0 Å². The molecule has 20 heavy (non-hydrogen) atoms. The second-order valence-electron chi connectivity index (χ2n) is 4.86. The molecule has 2 aromatic rings. The Morgan fingerprint density at radius 2 is 1.75 bits per heavy atom. The molecule has 0 radical (unpaired) electrons. The van der Waals surface area contributed by atoms with Gasteiger partial charge in [0.15, 0.2) is 0 Å². The van der Waals surface area contributed by atoms with E-state index in [0.717, 1.165) is 16.9 Å².